The molecule has 1 saturated heterocycles. The minimum Gasteiger partial charge on any atom is -0.479 e. The molecular weight excluding hydrogens is 654 g/mol. The van der Waals surface area contributed by atoms with Gasteiger partial charge in [0.2, 0.25) is 0 Å². The largest absolute Gasteiger partial charge is 0.479 e. The number of halogens is 1. The molecule has 9 heteroatoms. The second-order valence-corrected chi connectivity index (χ2v) is 16.4. The number of aryl methyl sites for hydroxylation is 2. The number of carbonyl (C=O) groups is 1. The van der Waals surface area contributed by atoms with Gasteiger partial charge in [-0.3, -0.25) is 14.9 Å². The topological polar surface area (TPSA) is 90.8 Å². The highest BCUT2D eigenvalue weighted by Crippen LogP contribution is 2.45. The molecule has 0 aliphatic carbocycles. The molecule has 2 aromatic carbocycles. The van der Waals surface area contributed by atoms with Crippen LogP contribution in [-0.2, 0) is 42.1 Å². The Morgan fingerprint density at radius 1 is 1.00 bits per heavy atom. The molecule has 52 heavy (non-hydrogen) atoms. The highest BCUT2D eigenvalue weighted by atomic mass is 19.1. The van der Waals surface area contributed by atoms with Gasteiger partial charge in [-0.1, -0.05) is 38.1 Å². The zero-order chi connectivity index (χ0) is 37.2. The fourth-order valence-corrected chi connectivity index (χ4v) is 7.56. The summed E-state index contributed by atoms with van der Waals surface area (Å²) in [6.45, 7) is 19.5. The Bertz CT molecular complexity index is 1900. The van der Waals surface area contributed by atoms with Gasteiger partial charge >= 0.3 is 5.97 Å². The zero-order valence-electron chi connectivity index (χ0n) is 31.9. The molecule has 0 saturated carbocycles. The van der Waals surface area contributed by atoms with Crippen molar-refractivity contribution in [1.82, 2.24) is 20.2 Å². The molecule has 2 aromatic heterocycles. The van der Waals surface area contributed by atoms with Gasteiger partial charge in [-0.25, -0.2) is 9.18 Å². The third-order valence-corrected chi connectivity index (χ3v) is 10.5. The van der Waals surface area contributed by atoms with E-state index in [1.807, 2.05) is 52.8 Å². The minimum atomic E-state index is -1.18. The van der Waals surface area contributed by atoms with Crippen LogP contribution >= 0.6 is 0 Å². The van der Waals surface area contributed by atoms with Crippen LogP contribution in [0.3, 0.4) is 0 Å². The monoisotopic (exact) mass is 707 g/mol. The molecule has 4 heterocycles. The number of benzene rings is 2. The minimum absolute atomic E-state index is 0.200. The van der Waals surface area contributed by atoms with Crippen LogP contribution in [0.1, 0.15) is 98.3 Å². The van der Waals surface area contributed by atoms with E-state index in [4.69, 9.17) is 9.72 Å². The third-order valence-electron chi connectivity index (χ3n) is 10.5. The number of piperidine rings is 1. The third kappa shape index (κ3) is 8.88. The van der Waals surface area contributed by atoms with Crippen molar-refractivity contribution in [2.75, 3.05) is 24.5 Å². The molecular formula is C43H54FN5O3. The molecule has 1 atom stereocenters. The summed E-state index contributed by atoms with van der Waals surface area (Å²) in [7, 11) is 0. The van der Waals surface area contributed by atoms with Gasteiger partial charge in [-0.2, -0.15) is 0 Å². The fourth-order valence-electron chi connectivity index (χ4n) is 7.56. The molecule has 4 aromatic rings. The van der Waals surface area contributed by atoms with E-state index < -0.39 is 17.7 Å². The second kappa shape index (κ2) is 15.4. The molecule has 1 unspecified atom stereocenters. The predicted molar refractivity (Wildman–Crippen MR) is 205 cm³/mol. The van der Waals surface area contributed by atoms with Crippen molar-refractivity contribution in [3.8, 4) is 11.1 Å². The standard InChI is InChI=1S/C43H54FN5O3/c1-28-22-35(44)11-10-33(28)26-48-19-14-31-23-32(8-9-34(31)27-48)38-36(25-46-24-30-12-17-45-18-13-30)47-29(2)37(40(41(50)51)52-42(3,4)5)39(38)49-20-15-43(6,7)16-21-49/h8-13,17-18,22-23,40,46H,14-16,19-21,24-27H2,1-7H3,(H,50,51). The number of hydrogen-bond acceptors (Lipinski definition) is 7. The summed E-state index contributed by atoms with van der Waals surface area (Å²) in [6.07, 6.45) is 5.28. The summed E-state index contributed by atoms with van der Waals surface area (Å²) in [5, 5.41) is 14.3. The Kier molecular flexibility index (Phi) is 11.1. The Labute approximate surface area is 308 Å². The number of hydrogen-bond donors (Lipinski definition) is 2. The van der Waals surface area contributed by atoms with Crippen molar-refractivity contribution in [2.45, 2.75) is 106 Å². The van der Waals surface area contributed by atoms with E-state index in [0.717, 1.165) is 91.2 Å². The molecule has 0 spiro atoms. The molecule has 276 valence electrons. The van der Waals surface area contributed by atoms with E-state index in [-0.39, 0.29) is 11.2 Å². The number of nitrogens with one attached hydrogen (secondary N) is 1. The van der Waals surface area contributed by atoms with Gasteiger partial charge in [0.05, 0.1) is 17.0 Å². The van der Waals surface area contributed by atoms with Crippen LogP contribution in [0, 0.1) is 25.1 Å². The Hall–Kier alpha value is -4.18. The van der Waals surface area contributed by atoms with Gasteiger partial charge in [0.15, 0.2) is 6.10 Å². The summed E-state index contributed by atoms with van der Waals surface area (Å²) < 4.78 is 20.2. The van der Waals surface area contributed by atoms with Crippen LogP contribution in [0.4, 0.5) is 10.1 Å². The van der Waals surface area contributed by atoms with E-state index in [1.54, 1.807) is 24.5 Å². The van der Waals surface area contributed by atoms with Crippen LogP contribution in [0.25, 0.3) is 11.1 Å². The number of pyridine rings is 2. The van der Waals surface area contributed by atoms with Crippen LogP contribution in [0.2, 0.25) is 0 Å². The van der Waals surface area contributed by atoms with Gasteiger partial charge in [0, 0.05) is 75.0 Å². The molecule has 2 aliphatic rings. The van der Waals surface area contributed by atoms with E-state index in [2.05, 4.69) is 52.1 Å². The first kappa shape index (κ1) is 37.6. The smallest absolute Gasteiger partial charge is 0.337 e. The first-order valence-electron chi connectivity index (χ1n) is 18.6. The normalized spacial score (nSPS) is 16.8. The van der Waals surface area contributed by atoms with E-state index in [0.29, 0.717) is 24.3 Å². The SMILES string of the molecule is Cc1cc(F)ccc1CN1CCc2cc(-c3c(CNCc4ccncc4)nc(C)c(C(OC(C)(C)C)C(=O)O)c3N3CCC(C)(C)CC3)ccc2C1. The molecule has 0 radical (unpaired) electrons. The quantitative estimate of drug-likeness (QED) is 0.161. The number of aromatic nitrogens is 2. The molecule has 0 amide bonds. The summed E-state index contributed by atoms with van der Waals surface area (Å²) in [4.78, 5) is 27.3. The summed E-state index contributed by atoms with van der Waals surface area (Å²) in [5.41, 5.74) is 10.4. The first-order valence-corrected chi connectivity index (χ1v) is 18.6. The molecule has 8 nitrogen and oxygen atoms in total. The van der Waals surface area contributed by atoms with Crippen LogP contribution in [-0.4, -0.2) is 51.2 Å². The van der Waals surface area contributed by atoms with Crippen molar-refractivity contribution in [3.05, 3.63) is 112 Å². The molecule has 1 fully saturated rings. The Morgan fingerprint density at radius 3 is 2.40 bits per heavy atom. The maximum atomic E-state index is 13.8. The maximum Gasteiger partial charge on any atom is 0.337 e. The number of fused-ring (bicyclic) bond motifs is 1. The van der Waals surface area contributed by atoms with Gasteiger partial charge in [0.1, 0.15) is 5.82 Å². The number of rotatable bonds is 11. The van der Waals surface area contributed by atoms with Gasteiger partial charge in [-0.15, -0.1) is 0 Å². The van der Waals surface area contributed by atoms with Crippen LogP contribution in [0.15, 0.2) is 60.9 Å². The van der Waals surface area contributed by atoms with Crippen LogP contribution < -0.4 is 10.2 Å². The van der Waals surface area contributed by atoms with E-state index in [9.17, 15) is 14.3 Å². The van der Waals surface area contributed by atoms with E-state index >= 15 is 0 Å². The number of carboxylic acid groups (broad SMARTS) is 1. The Morgan fingerprint density at radius 2 is 1.73 bits per heavy atom. The predicted octanol–water partition coefficient (Wildman–Crippen LogP) is 8.31. The number of ether oxygens (including phenoxy) is 1. The second-order valence-electron chi connectivity index (χ2n) is 16.4. The average molecular weight is 708 g/mol. The Balaban J connectivity index is 1.45. The number of carboxylic acids is 1. The molecule has 6 rings (SSSR count). The van der Waals surface area contributed by atoms with Crippen molar-refractivity contribution >= 4 is 11.7 Å². The summed E-state index contributed by atoms with van der Waals surface area (Å²) in [6, 6.07) is 15.8. The number of anilines is 1. The molecule has 0 bridgehead atoms. The lowest BCUT2D eigenvalue weighted by molar-refractivity contribution is -0.160. The van der Waals surface area contributed by atoms with Crippen molar-refractivity contribution in [3.63, 3.8) is 0 Å². The van der Waals surface area contributed by atoms with Gasteiger partial charge in [-0.05, 0) is 117 Å². The molecule has 2 N–H and O–H groups in total. The van der Waals surface area contributed by atoms with Crippen molar-refractivity contribution in [2.24, 2.45) is 5.41 Å². The highest BCUT2D eigenvalue weighted by Gasteiger charge is 2.37. The number of nitrogens with zero attached hydrogens (tertiary/aromatic N) is 4. The maximum absolute atomic E-state index is 13.8. The van der Waals surface area contributed by atoms with Crippen molar-refractivity contribution < 1.29 is 19.0 Å². The average Bonchev–Trinajstić information content (AvgIpc) is 3.08. The fraction of sp³-hybridized carbons (Fsp3) is 0.465. The van der Waals surface area contributed by atoms with Crippen molar-refractivity contribution in [1.29, 1.82) is 0 Å². The lowest BCUT2D eigenvalue weighted by atomic mass is 9.81. The summed E-state index contributed by atoms with van der Waals surface area (Å²) >= 11 is 0. The van der Waals surface area contributed by atoms with Crippen LogP contribution in [0.5, 0.6) is 0 Å². The van der Waals surface area contributed by atoms with E-state index in [1.165, 1.54) is 11.1 Å². The van der Waals surface area contributed by atoms with Gasteiger partial charge < -0.3 is 20.1 Å². The van der Waals surface area contributed by atoms with Gasteiger partial charge in [0.25, 0.3) is 0 Å². The lowest BCUT2D eigenvalue weighted by Gasteiger charge is -2.41. The zero-order valence-corrected chi connectivity index (χ0v) is 31.9. The lowest BCUT2D eigenvalue weighted by Crippen LogP contribution is -2.39. The summed E-state index contributed by atoms with van der Waals surface area (Å²) in [5.74, 6) is -1.22. The molecule has 2 aliphatic heterocycles. The first-order chi connectivity index (χ1) is 24.7. The highest BCUT2D eigenvalue weighted by molar-refractivity contribution is 5.88. The number of aliphatic carboxylic acids is 1.